The van der Waals surface area contributed by atoms with Crippen LogP contribution in [0.15, 0.2) is 9.79 Å². The summed E-state index contributed by atoms with van der Waals surface area (Å²) in [4.78, 5) is 2.39. The Morgan fingerprint density at radius 1 is 0.909 bits per heavy atom. The normalized spacial score (nSPS) is 16.5. The quantitative estimate of drug-likeness (QED) is 0.668. The Kier molecular flexibility index (Phi) is 2.64. The van der Waals surface area contributed by atoms with E-state index in [1.165, 1.54) is 21.1 Å². The molecule has 0 N–H and O–H groups in total. The van der Waals surface area contributed by atoms with Crippen molar-refractivity contribution in [1.82, 2.24) is 0 Å². The molecule has 11 heavy (non-hydrogen) atoms. The van der Waals surface area contributed by atoms with Gasteiger partial charge in [-0.15, -0.1) is 34.9 Å². The lowest BCUT2D eigenvalue weighted by molar-refractivity contribution is 1.29. The van der Waals surface area contributed by atoms with Crippen LogP contribution in [0.5, 0.6) is 0 Å². The molecule has 0 unspecified atom stereocenters. The molecule has 0 fully saturated rings. The molecule has 0 aliphatic carbocycles. The van der Waals surface area contributed by atoms with Crippen molar-refractivity contribution in [2.24, 2.45) is 0 Å². The summed E-state index contributed by atoms with van der Waals surface area (Å²) in [6.07, 6.45) is 0. The topological polar surface area (TPSA) is 0 Å². The summed E-state index contributed by atoms with van der Waals surface area (Å²) >= 11 is 17.0. The molecule has 2 rings (SSSR count). The third-order valence-electron chi connectivity index (χ3n) is 1.32. The fraction of sp³-hybridized carbons (Fsp3) is 0.333. The second kappa shape index (κ2) is 3.38. The van der Waals surface area contributed by atoms with Crippen LogP contribution in [0.25, 0.3) is 0 Å². The van der Waals surface area contributed by atoms with E-state index in [2.05, 4.69) is 0 Å². The minimum atomic E-state index is 0.849. The van der Waals surface area contributed by atoms with Gasteiger partial charge in [-0.1, -0.05) is 23.2 Å². The van der Waals surface area contributed by atoms with Crippen LogP contribution in [0.3, 0.4) is 0 Å². The molecule has 1 aliphatic rings. The molecule has 60 valence electrons. The first-order valence-electron chi connectivity index (χ1n) is 3.02. The summed E-state index contributed by atoms with van der Waals surface area (Å²) in [5, 5.41) is 0. The second-order valence-electron chi connectivity index (χ2n) is 2.00. The average Bonchev–Trinajstić information content (AvgIpc) is 2.30. The maximum Gasteiger partial charge on any atom is 0.109 e. The van der Waals surface area contributed by atoms with Crippen LogP contribution in [0.1, 0.15) is 0 Å². The number of halogens is 2. The van der Waals surface area contributed by atoms with Crippen LogP contribution in [0.4, 0.5) is 0 Å². The number of rotatable bonds is 0. The van der Waals surface area contributed by atoms with E-state index in [0.29, 0.717) is 0 Å². The third-order valence-corrected chi connectivity index (χ3v) is 6.01. The lowest BCUT2D eigenvalue weighted by Gasteiger charge is -2.09. The highest BCUT2D eigenvalue weighted by Crippen LogP contribution is 2.50. The summed E-state index contributed by atoms with van der Waals surface area (Å²) in [5.41, 5.74) is 0. The van der Waals surface area contributed by atoms with E-state index in [1.807, 2.05) is 23.5 Å². The molecule has 0 spiro atoms. The molecule has 0 amide bonds. The molecule has 5 heteroatoms. The van der Waals surface area contributed by atoms with Crippen molar-refractivity contribution in [2.45, 2.75) is 9.79 Å². The molecule has 0 saturated carbocycles. The maximum atomic E-state index is 5.96. The van der Waals surface area contributed by atoms with Gasteiger partial charge in [-0.2, -0.15) is 0 Å². The Labute approximate surface area is 87.6 Å². The number of hydrogen-bond acceptors (Lipinski definition) is 3. The van der Waals surface area contributed by atoms with Crippen molar-refractivity contribution < 1.29 is 0 Å². The predicted molar refractivity (Wildman–Crippen MR) is 55.8 cm³/mol. The highest BCUT2D eigenvalue weighted by Gasteiger charge is 2.19. The lowest BCUT2D eigenvalue weighted by Crippen LogP contribution is -1.90. The van der Waals surface area contributed by atoms with Crippen LogP contribution in [0.2, 0.25) is 8.67 Å². The second-order valence-corrected chi connectivity index (χ2v) is 6.44. The molecule has 1 aromatic heterocycles. The van der Waals surface area contributed by atoms with E-state index in [9.17, 15) is 0 Å². The van der Waals surface area contributed by atoms with Crippen LogP contribution >= 0.6 is 58.1 Å². The first kappa shape index (κ1) is 8.57. The highest BCUT2D eigenvalue weighted by atomic mass is 35.5. The standard InChI is InChI=1S/C6H4Cl2S3/c7-5-3-4(6(8)11-5)10-2-1-9-3/h1-2H2. The monoisotopic (exact) mass is 242 g/mol. The Morgan fingerprint density at radius 2 is 1.36 bits per heavy atom. The maximum absolute atomic E-state index is 5.96. The van der Waals surface area contributed by atoms with Gasteiger partial charge in [0, 0.05) is 11.5 Å². The van der Waals surface area contributed by atoms with Crippen molar-refractivity contribution in [3.05, 3.63) is 8.67 Å². The summed E-state index contributed by atoms with van der Waals surface area (Å²) in [7, 11) is 0. The number of fused-ring (bicyclic) bond motifs is 1. The summed E-state index contributed by atoms with van der Waals surface area (Å²) in [6.45, 7) is 0. The molecule has 1 aromatic rings. The van der Waals surface area contributed by atoms with Gasteiger partial charge in [0.1, 0.15) is 8.67 Å². The van der Waals surface area contributed by atoms with E-state index < -0.39 is 0 Å². The van der Waals surface area contributed by atoms with Crippen LogP contribution in [-0.4, -0.2) is 11.5 Å². The number of hydrogen-bond donors (Lipinski definition) is 0. The predicted octanol–water partition coefficient (Wildman–Crippen LogP) is 4.25. The van der Waals surface area contributed by atoms with Gasteiger partial charge in [-0.3, -0.25) is 0 Å². The van der Waals surface area contributed by atoms with E-state index in [4.69, 9.17) is 23.2 Å². The average molecular weight is 243 g/mol. The molecule has 2 heterocycles. The molecule has 1 aliphatic heterocycles. The molecule has 0 bridgehead atoms. The van der Waals surface area contributed by atoms with Crippen LogP contribution in [-0.2, 0) is 0 Å². The van der Waals surface area contributed by atoms with Gasteiger partial charge < -0.3 is 0 Å². The fourth-order valence-electron chi connectivity index (χ4n) is 0.882. The number of thiophene rings is 1. The summed E-state index contributed by atoms with van der Waals surface area (Å²) in [5.74, 6) is 2.29. The Morgan fingerprint density at radius 3 is 1.82 bits per heavy atom. The first-order valence-corrected chi connectivity index (χ1v) is 6.57. The largest absolute Gasteiger partial charge is 0.122 e. The van der Waals surface area contributed by atoms with Gasteiger partial charge in [-0.25, -0.2) is 0 Å². The minimum absolute atomic E-state index is 0.849. The SMILES string of the molecule is Clc1sc(Cl)c2c1SCCS2. The van der Waals surface area contributed by atoms with E-state index in [1.54, 1.807) is 0 Å². The summed E-state index contributed by atoms with van der Waals surface area (Å²) < 4.78 is 1.70. The van der Waals surface area contributed by atoms with Gasteiger partial charge in [-0.05, 0) is 0 Å². The molecule has 0 nitrogen and oxygen atoms in total. The van der Waals surface area contributed by atoms with Crippen molar-refractivity contribution in [3.8, 4) is 0 Å². The smallest absolute Gasteiger partial charge is 0.109 e. The zero-order chi connectivity index (χ0) is 7.84. The zero-order valence-corrected chi connectivity index (χ0v) is 9.36. The van der Waals surface area contributed by atoms with Crippen molar-refractivity contribution in [3.63, 3.8) is 0 Å². The van der Waals surface area contributed by atoms with Gasteiger partial charge in [0.15, 0.2) is 0 Å². The molecular formula is C6H4Cl2S3. The zero-order valence-electron chi connectivity index (χ0n) is 5.39. The van der Waals surface area contributed by atoms with Gasteiger partial charge >= 0.3 is 0 Å². The molecular weight excluding hydrogens is 239 g/mol. The molecule has 0 atom stereocenters. The van der Waals surface area contributed by atoms with Crippen LogP contribution in [0, 0.1) is 0 Å². The van der Waals surface area contributed by atoms with Gasteiger partial charge in [0.05, 0.1) is 9.79 Å². The summed E-state index contributed by atoms with van der Waals surface area (Å²) in [6, 6.07) is 0. The van der Waals surface area contributed by atoms with Gasteiger partial charge in [0.25, 0.3) is 0 Å². The van der Waals surface area contributed by atoms with Crippen LogP contribution < -0.4 is 0 Å². The molecule has 0 radical (unpaired) electrons. The molecule has 0 aromatic carbocycles. The van der Waals surface area contributed by atoms with E-state index in [-0.39, 0.29) is 0 Å². The highest BCUT2D eigenvalue weighted by molar-refractivity contribution is 8.06. The van der Waals surface area contributed by atoms with Crippen molar-refractivity contribution in [2.75, 3.05) is 11.5 Å². The Bertz CT molecular complexity index is 255. The van der Waals surface area contributed by atoms with Crippen molar-refractivity contribution in [1.29, 1.82) is 0 Å². The number of thioether (sulfide) groups is 2. The molecule has 0 saturated heterocycles. The first-order chi connectivity index (χ1) is 5.29. The Hall–Kier alpha value is 0.980. The lowest BCUT2D eigenvalue weighted by atomic mass is 10.6. The van der Waals surface area contributed by atoms with Crippen molar-refractivity contribution >= 4 is 58.1 Å². The third kappa shape index (κ3) is 1.54. The van der Waals surface area contributed by atoms with E-state index >= 15 is 0 Å². The van der Waals surface area contributed by atoms with E-state index in [0.717, 1.165) is 20.2 Å². The fourth-order valence-corrected chi connectivity index (χ4v) is 5.49. The van der Waals surface area contributed by atoms with Gasteiger partial charge in [0.2, 0.25) is 0 Å². The minimum Gasteiger partial charge on any atom is -0.122 e. The Balaban J connectivity index is 2.52.